The molecule has 0 bridgehead atoms. The van der Waals surface area contributed by atoms with Gasteiger partial charge in [0, 0.05) is 29.6 Å². The number of hydrogen-bond donors (Lipinski definition) is 2. The topological polar surface area (TPSA) is 71.3 Å². The smallest absolute Gasteiger partial charge is 0.258 e. The van der Waals surface area contributed by atoms with Crippen molar-refractivity contribution in [3.8, 4) is 0 Å². The van der Waals surface area contributed by atoms with Crippen molar-refractivity contribution in [2.75, 3.05) is 5.32 Å². The lowest BCUT2D eigenvalue weighted by Crippen LogP contribution is -2.36. The lowest BCUT2D eigenvalue weighted by atomic mass is 10.1. The van der Waals surface area contributed by atoms with Crippen LogP contribution in [0.25, 0.3) is 0 Å². The van der Waals surface area contributed by atoms with E-state index in [1.54, 1.807) is 28.9 Å². The average molecular weight is 393 g/mol. The minimum absolute atomic E-state index is 0.242. The normalized spacial score (nSPS) is 11.4. The van der Waals surface area contributed by atoms with E-state index in [-0.39, 0.29) is 17.7 Å². The van der Waals surface area contributed by atoms with Gasteiger partial charge in [-0.15, -0.1) is 0 Å². The molecular formula is C22H24FN5O. The third-order valence-electron chi connectivity index (χ3n) is 4.76. The van der Waals surface area contributed by atoms with Gasteiger partial charge in [0.15, 0.2) is 0 Å². The monoisotopic (exact) mass is 393 g/mol. The fourth-order valence-corrected chi connectivity index (χ4v) is 3.02. The summed E-state index contributed by atoms with van der Waals surface area (Å²) in [5.41, 5.74) is 4.76. The molecule has 0 saturated carbocycles. The van der Waals surface area contributed by atoms with Crippen LogP contribution >= 0.6 is 0 Å². The van der Waals surface area contributed by atoms with Gasteiger partial charge in [0.2, 0.25) is 5.96 Å². The number of halogens is 1. The summed E-state index contributed by atoms with van der Waals surface area (Å²) in [5.74, 6) is -0.421. The van der Waals surface area contributed by atoms with E-state index in [0.29, 0.717) is 17.8 Å². The number of aryl methyl sites for hydroxylation is 3. The molecule has 3 aromatic rings. The first-order chi connectivity index (χ1) is 13.8. The Morgan fingerprint density at radius 2 is 1.90 bits per heavy atom. The fraction of sp³-hybridized carbons (Fsp3) is 0.227. The van der Waals surface area contributed by atoms with Crippen molar-refractivity contribution in [3.63, 3.8) is 0 Å². The predicted octanol–water partition coefficient (Wildman–Crippen LogP) is 3.88. The van der Waals surface area contributed by atoms with E-state index in [0.717, 1.165) is 22.5 Å². The SMILES string of the molecule is Cc1ccccc1C(=O)NC(=NCc1c(C)nn(C)c1C)Nc1cccc(F)c1. The molecule has 1 heterocycles. The van der Waals surface area contributed by atoms with Crippen LogP contribution in [0.1, 0.15) is 32.9 Å². The molecule has 0 aliphatic rings. The van der Waals surface area contributed by atoms with Crippen LogP contribution < -0.4 is 10.6 Å². The molecule has 0 unspecified atom stereocenters. The van der Waals surface area contributed by atoms with E-state index < -0.39 is 0 Å². The van der Waals surface area contributed by atoms with E-state index in [2.05, 4.69) is 20.7 Å². The first-order valence-corrected chi connectivity index (χ1v) is 9.28. The highest BCUT2D eigenvalue weighted by Crippen LogP contribution is 2.14. The van der Waals surface area contributed by atoms with Crippen LogP contribution in [-0.2, 0) is 13.6 Å². The maximum Gasteiger partial charge on any atom is 0.258 e. The van der Waals surface area contributed by atoms with Crippen LogP contribution in [0, 0.1) is 26.6 Å². The second-order valence-corrected chi connectivity index (χ2v) is 6.84. The second kappa shape index (κ2) is 8.68. The molecule has 0 spiro atoms. The summed E-state index contributed by atoms with van der Waals surface area (Å²) in [4.78, 5) is 17.3. The highest BCUT2D eigenvalue weighted by Gasteiger charge is 2.13. The Morgan fingerprint density at radius 3 is 2.55 bits per heavy atom. The molecule has 0 atom stereocenters. The van der Waals surface area contributed by atoms with E-state index >= 15 is 0 Å². The maximum absolute atomic E-state index is 13.6. The Balaban J connectivity index is 1.88. The molecule has 2 aromatic carbocycles. The summed E-state index contributed by atoms with van der Waals surface area (Å²) < 4.78 is 15.4. The number of anilines is 1. The van der Waals surface area contributed by atoms with Gasteiger partial charge in [0.25, 0.3) is 5.91 Å². The Kier molecular flexibility index (Phi) is 6.07. The number of rotatable bonds is 4. The van der Waals surface area contributed by atoms with Crippen molar-refractivity contribution in [1.29, 1.82) is 0 Å². The van der Waals surface area contributed by atoms with E-state index in [1.165, 1.54) is 12.1 Å². The summed E-state index contributed by atoms with van der Waals surface area (Å²) in [7, 11) is 1.88. The molecule has 1 amide bonds. The number of aliphatic imine (C=N–C) groups is 1. The lowest BCUT2D eigenvalue weighted by molar-refractivity contribution is 0.0976. The molecule has 3 rings (SSSR count). The van der Waals surface area contributed by atoms with Gasteiger partial charge in [-0.25, -0.2) is 9.38 Å². The standard InChI is InChI=1S/C22H24FN5O/c1-14-8-5-6-11-19(14)21(29)26-22(25-18-10-7-9-17(23)12-18)24-13-20-15(2)27-28(4)16(20)3/h5-12H,13H2,1-4H3,(H2,24,25,26,29). The Labute approximate surface area is 169 Å². The van der Waals surface area contributed by atoms with E-state index in [9.17, 15) is 9.18 Å². The number of nitrogens with one attached hydrogen (secondary N) is 2. The molecule has 0 radical (unpaired) electrons. The maximum atomic E-state index is 13.6. The van der Waals surface area contributed by atoms with E-state index in [4.69, 9.17) is 0 Å². The molecular weight excluding hydrogens is 369 g/mol. The van der Waals surface area contributed by atoms with Crippen LogP contribution in [0.4, 0.5) is 10.1 Å². The van der Waals surface area contributed by atoms with Crippen molar-refractivity contribution < 1.29 is 9.18 Å². The summed E-state index contributed by atoms with van der Waals surface area (Å²) in [6.45, 7) is 6.09. The summed E-state index contributed by atoms with van der Waals surface area (Å²) >= 11 is 0. The van der Waals surface area contributed by atoms with Crippen LogP contribution in [0.3, 0.4) is 0 Å². The highest BCUT2D eigenvalue weighted by atomic mass is 19.1. The zero-order valence-electron chi connectivity index (χ0n) is 17.0. The Hall–Kier alpha value is -3.48. The molecule has 0 aliphatic heterocycles. The lowest BCUT2D eigenvalue weighted by Gasteiger charge is -2.13. The molecule has 1 aromatic heterocycles. The van der Waals surface area contributed by atoms with Crippen molar-refractivity contribution in [2.45, 2.75) is 27.3 Å². The fourth-order valence-electron chi connectivity index (χ4n) is 3.02. The minimum Gasteiger partial charge on any atom is -0.326 e. The zero-order valence-corrected chi connectivity index (χ0v) is 17.0. The number of hydrogen-bond acceptors (Lipinski definition) is 3. The van der Waals surface area contributed by atoms with Crippen molar-refractivity contribution in [1.82, 2.24) is 15.1 Å². The van der Waals surface area contributed by atoms with Crippen molar-refractivity contribution >= 4 is 17.6 Å². The Bertz CT molecular complexity index is 1070. The highest BCUT2D eigenvalue weighted by molar-refractivity contribution is 6.10. The van der Waals surface area contributed by atoms with Crippen LogP contribution in [0.2, 0.25) is 0 Å². The zero-order chi connectivity index (χ0) is 21.0. The van der Waals surface area contributed by atoms with E-state index in [1.807, 2.05) is 40.0 Å². The third-order valence-corrected chi connectivity index (χ3v) is 4.76. The molecule has 6 nitrogen and oxygen atoms in total. The van der Waals surface area contributed by atoms with Crippen molar-refractivity contribution in [3.05, 3.63) is 82.4 Å². The molecule has 7 heteroatoms. The van der Waals surface area contributed by atoms with Gasteiger partial charge in [-0.1, -0.05) is 24.3 Å². The average Bonchev–Trinajstić information content (AvgIpc) is 2.91. The van der Waals surface area contributed by atoms with Gasteiger partial charge in [-0.3, -0.25) is 14.8 Å². The van der Waals surface area contributed by atoms with Gasteiger partial charge in [0.1, 0.15) is 5.82 Å². The van der Waals surface area contributed by atoms with Gasteiger partial charge >= 0.3 is 0 Å². The first kappa shape index (κ1) is 20.3. The second-order valence-electron chi connectivity index (χ2n) is 6.84. The number of guanidine groups is 1. The molecule has 2 N–H and O–H groups in total. The number of benzene rings is 2. The van der Waals surface area contributed by atoms with Gasteiger partial charge < -0.3 is 5.32 Å². The number of carbonyl (C=O) groups excluding carboxylic acids is 1. The molecule has 150 valence electrons. The van der Waals surface area contributed by atoms with Crippen molar-refractivity contribution in [2.24, 2.45) is 12.0 Å². The van der Waals surface area contributed by atoms with Crippen LogP contribution in [-0.4, -0.2) is 21.6 Å². The third kappa shape index (κ3) is 4.87. The van der Waals surface area contributed by atoms with Gasteiger partial charge in [0.05, 0.1) is 12.2 Å². The number of carbonyl (C=O) groups is 1. The quantitative estimate of drug-likeness (QED) is 0.522. The molecule has 0 aliphatic carbocycles. The molecule has 0 saturated heterocycles. The van der Waals surface area contributed by atoms with Crippen LogP contribution in [0.15, 0.2) is 53.5 Å². The largest absolute Gasteiger partial charge is 0.326 e. The Morgan fingerprint density at radius 1 is 1.14 bits per heavy atom. The summed E-state index contributed by atoms with van der Waals surface area (Å²) in [6.07, 6.45) is 0. The summed E-state index contributed by atoms with van der Waals surface area (Å²) in [6, 6.07) is 13.3. The van der Waals surface area contributed by atoms with Gasteiger partial charge in [-0.2, -0.15) is 5.10 Å². The first-order valence-electron chi connectivity index (χ1n) is 9.28. The van der Waals surface area contributed by atoms with Gasteiger partial charge in [-0.05, 0) is 50.6 Å². The molecule has 29 heavy (non-hydrogen) atoms. The number of nitrogens with zero attached hydrogens (tertiary/aromatic N) is 3. The number of amides is 1. The summed E-state index contributed by atoms with van der Waals surface area (Å²) in [5, 5.41) is 10.2. The number of aromatic nitrogens is 2. The van der Waals surface area contributed by atoms with Crippen LogP contribution in [0.5, 0.6) is 0 Å². The predicted molar refractivity (Wildman–Crippen MR) is 112 cm³/mol. The molecule has 0 fully saturated rings. The minimum atomic E-state index is -0.376.